The molecular weight excluding hydrogens is 799 g/mol. The molecule has 0 amide bonds. The summed E-state index contributed by atoms with van der Waals surface area (Å²) in [5.41, 5.74) is 11.5. The minimum absolute atomic E-state index is 0.124. The molecule has 62 heavy (non-hydrogen) atoms. The lowest BCUT2D eigenvalue weighted by atomic mass is 9.81. The third-order valence-corrected chi connectivity index (χ3v) is 13.5. The number of fused-ring (bicyclic) bond motifs is 2. The second-order valence-electron chi connectivity index (χ2n) is 17.7. The number of carbonyl (C=O) groups excluding carboxylic acids is 2. The number of methoxy groups -OCH3 is 2. The second kappa shape index (κ2) is 19.8. The van der Waals surface area contributed by atoms with Gasteiger partial charge >= 0.3 is 11.9 Å². The minimum atomic E-state index is -4.40. The molecule has 6 rings (SSSR count). The van der Waals surface area contributed by atoms with E-state index >= 15 is 0 Å². The van der Waals surface area contributed by atoms with Crippen LogP contribution < -0.4 is 10.2 Å². The Balaban J connectivity index is 1.39. The van der Waals surface area contributed by atoms with Gasteiger partial charge in [-0.15, -0.1) is 0 Å². The van der Waals surface area contributed by atoms with Crippen LogP contribution in [0, 0.1) is 6.92 Å². The molecule has 3 aromatic carbocycles. The second-order valence-corrected chi connectivity index (χ2v) is 19.1. The van der Waals surface area contributed by atoms with E-state index in [0.29, 0.717) is 25.8 Å². The van der Waals surface area contributed by atoms with Crippen LogP contribution in [0.15, 0.2) is 118 Å². The van der Waals surface area contributed by atoms with Crippen LogP contribution in [0.1, 0.15) is 115 Å². The van der Waals surface area contributed by atoms with Gasteiger partial charge in [-0.25, -0.2) is 0 Å². The number of hydrogen-bond donors (Lipinski definition) is 2. The number of hydrogen-bond acceptors (Lipinski definition) is 8. The van der Waals surface area contributed by atoms with E-state index in [1.165, 1.54) is 53.9 Å². The van der Waals surface area contributed by atoms with Crippen LogP contribution >= 0.6 is 0 Å². The number of allylic oxidation sites excluding steroid dienone is 7. The Morgan fingerprint density at radius 3 is 2.18 bits per heavy atom. The van der Waals surface area contributed by atoms with Crippen molar-refractivity contribution >= 4 is 44.8 Å². The Kier molecular flexibility index (Phi) is 14.8. The van der Waals surface area contributed by atoms with E-state index in [1.807, 2.05) is 18.2 Å². The number of nitrogens with one attached hydrogen (secondary N) is 1. The van der Waals surface area contributed by atoms with E-state index in [4.69, 9.17) is 9.47 Å². The molecule has 0 radical (unpaired) electrons. The van der Waals surface area contributed by atoms with Gasteiger partial charge in [-0.05, 0) is 119 Å². The van der Waals surface area contributed by atoms with Crippen LogP contribution in [0.2, 0.25) is 0 Å². The summed E-state index contributed by atoms with van der Waals surface area (Å²) in [5.74, 6) is -0.384. The predicted molar refractivity (Wildman–Crippen MR) is 248 cm³/mol. The quantitative estimate of drug-likeness (QED) is 0.0556. The number of esters is 2. The molecule has 3 aromatic rings. The fourth-order valence-corrected chi connectivity index (χ4v) is 9.67. The number of carbonyl (C=O) groups is 2. The summed E-state index contributed by atoms with van der Waals surface area (Å²) in [6.07, 6.45) is 17.6. The number of aryl methyl sites for hydroxylation is 1. The Hall–Kier alpha value is -5.26. The van der Waals surface area contributed by atoms with Crippen molar-refractivity contribution in [1.29, 1.82) is 0 Å². The third-order valence-electron chi connectivity index (χ3n) is 12.7. The molecule has 2 N–H and O–H groups in total. The van der Waals surface area contributed by atoms with Crippen molar-refractivity contribution < 1.29 is 36.6 Å². The number of unbranched alkanes of at least 4 members (excludes halogenated alkanes) is 4. The Labute approximate surface area is 368 Å². The number of anilines is 2. The number of para-hydroxylation sites is 1. The van der Waals surface area contributed by atoms with Gasteiger partial charge in [0.15, 0.2) is 5.71 Å². The summed E-state index contributed by atoms with van der Waals surface area (Å²) in [7, 11) is -1.56. The third kappa shape index (κ3) is 10.5. The van der Waals surface area contributed by atoms with Gasteiger partial charge in [-0.3, -0.25) is 14.1 Å². The molecule has 0 spiro atoms. The van der Waals surface area contributed by atoms with Crippen molar-refractivity contribution in [2.45, 2.75) is 121 Å². The number of benzene rings is 3. The van der Waals surface area contributed by atoms with Crippen molar-refractivity contribution in [3.63, 3.8) is 0 Å². The van der Waals surface area contributed by atoms with Gasteiger partial charge in [0.25, 0.3) is 10.1 Å². The molecule has 0 atom stereocenters. The summed E-state index contributed by atoms with van der Waals surface area (Å²) in [6, 6.07) is 21.9. The van der Waals surface area contributed by atoms with Crippen LogP contribution in [0.3, 0.4) is 0 Å². The molecule has 2 aliphatic heterocycles. The molecule has 3 aliphatic rings. The van der Waals surface area contributed by atoms with Gasteiger partial charge in [-0.2, -0.15) is 13.0 Å². The van der Waals surface area contributed by atoms with Gasteiger partial charge in [0.2, 0.25) is 5.69 Å². The first-order valence-electron chi connectivity index (χ1n) is 22.0. The molecule has 0 unspecified atom stereocenters. The maximum absolute atomic E-state index is 12.3. The largest absolute Gasteiger partial charge is 0.469 e. The maximum atomic E-state index is 12.3. The van der Waals surface area contributed by atoms with E-state index < -0.39 is 15.5 Å². The summed E-state index contributed by atoms with van der Waals surface area (Å²) in [5, 5.41) is 3.81. The molecular formula is C51H64N3O7S+. The normalized spacial score (nSPS) is 18.2. The molecule has 0 saturated carbocycles. The average Bonchev–Trinajstić information content (AvgIpc) is 3.59. The molecule has 1 aliphatic carbocycles. The molecule has 11 heteroatoms. The van der Waals surface area contributed by atoms with E-state index in [1.54, 1.807) is 12.1 Å². The highest BCUT2D eigenvalue weighted by Gasteiger charge is 2.45. The van der Waals surface area contributed by atoms with Gasteiger partial charge in [0.05, 0.1) is 24.5 Å². The van der Waals surface area contributed by atoms with Gasteiger partial charge < -0.3 is 19.7 Å². The number of rotatable bonds is 18. The SMILES string of the molecule is COC(=O)CCCCCN1C(=CC=C2CCCC(C=CC3=[N+](CCCCCC(=O)OC)c4ccc(S(=O)(=O)O)cc4C3(C)C)=C2Nc2ccccc2)C(C)(C)c2cc(C)ccc21. The monoisotopic (exact) mass is 862 g/mol. The van der Waals surface area contributed by atoms with E-state index in [-0.39, 0.29) is 22.2 Å². The van der Waals surface area contributed by atoms with Crippen molar-refractivity contribution in [3.8, 4) is 0 Å². The predicted octanol–water partition coefficient (Wildman–Crippen LogP) is 10.8. The Morgan fingerprint density at radius 1 is 0.806 bits per heavy atom. The van der Waals surface area contributed by atoms with E-state index in [9.17, 15) is 22.6 Å². The average molecular weight is 863 g/mol. The Bertz CT molecular complexity index is 2420. The summed E-state index contributed by atoms with van der Waals surface area (Å²) >= 11 is 0. The van der Waals surface area contributed by atoms with E-state index in [0.717, 1.165) is 86.3 Å². The smallest absolute Gasteiger partial charge is 0.305 e. The zero-order valence-corrected chi connectivity index (χ0v) is 38.4. The zero-order valence-electron chi connectivity index (χ0n) is 37.6. The van der Waals surface area contributed by atoms with Crippen LogP contribution in [0.25, 0.3) is 0 Å². The van der Waals surface area contributed by atoms with Crippen molar-refractivity contribution in [2.75, 3.05) is 37.5 Å². The van der Waals surface area contributed by atoms with Gasteiger partial charge in [-0.1, -0.05) is 68.3 Å². The lowest BCUT2D eigenvalue weighted by Gasteiger charge is -2.28. The summed E-state index contributed by atoms with van der Waals surface area (Å²) in [6.45, 7) is 12.5. The maximum Gasteiger partial charge on any atom is 0.305 e. The Morgan fingerprint density at radius 2 is 1.50 bits per heavy atom. The van der Waals surface area contributed by atoms with Crippen LogP contribution in [-0.2, 0) is 40.0 Å². The molecule has 330 valence electrons. The first-order valence-corrected chi connectivity index (χ1v) is 23.4. The highest BCUT2D eigenvalue weighted by molar-refractivity contribution is 7.85. The van der Waals surface area contributed by atoms with Crippen LogP contribution in [0.5, 0.6) is 0 Å². The number of nitrogens with zero attached hydrogens (tertiary/aromatic N) is 2. The van der Waals surface area contributed by atoms with Crippen molar-refractivity contribution in [2.24, 2.45) is 0 Å². The molecule has 0 aromatic heterocycles. The summed E-state index contributed by atoms with van der Waals surface area (Å²) in [4.78, 5) is 25.9. The van der Waals surface area contributed by atoms with Crippen molar-refractivity contribution in [1.82, 2.24) is 0 Å². The van der Waals surface area contributed by atoms with Gasteiger partial charge in [0, 0.05) is 71.7 Å². The fraction of sp³-hybridized carbons (Fsp3) is 0.431. The minimum Gasteiger partial charge on any atom is -0.469 e. The summed E-state index contributed by atoms with van der Waals surface area (Å²) < 4.78 is 46.5. The lowest BCUT2D eigenvalue weighted by molar-refractivity contribution is -0.438. The topological polar surface area (TPSA) is 125 Å². The molecule has 0 fully saturated rings. The highest BCUT2D eigenvalue weighted by atomic mass is 32.2. The van der Waals surface area contributed by atoms with Crippen LogP contribution in [0.4, 0.5) is 17.1 Å². The molecule has 0 saturated heterocycles. The first-order chi connectivity index (χ1) is 29.6. The van der Waals surface area contributed by atoms with E-state index in [2.05, 4.69) is 104 Å². The first kappa shape index (κ1) is 46.2. The molecule has 10 nitrogen and oxygen atoms in total. The van der Waals surface area contributed by atoms with Crippen molar-refractivity contribution in [3.05, 3.63) is 130 Å². The molecule has 0 bridgehead atoms. The number of ether oxygens (including phenoxy) is 2. The molecule has 2 heterocycles. The van der Waals surface area contributed by atoms with Gasteiger partial charge in [0.1, 0.15) is 6.54 Å². The zero-order chi connectivity index (χ0) is 44.7. The van der Waals surface area contributed by atoms with Crippen LogP contribution in [-0.4, -0.2) is 62.5 Å². The lowest BCUT2D eigenvalue weighted by Crippen LogP contribution is -2.28. The highest BCUT2D eigenvalue weighted by Crippen LogP contribution is 2.49. The fourth-order valence-electron chi connectivity index (χ4n) is 9.17. The standard InChI is InChI=1S/C51H63N3O7S/c1-36-24-28-43-41(34-36)50(2,3)45(53(43)32-15-9-13-22-47(55)60-6)30-25-37-18-17-19-38(49(37)52-39-20-11-8-12-21-39)26-31-46-51(4,5)42-35-40(62(57,58)59)27-29-44(42)54(46)33-16-10-14-23-48(56)61-7/h8,11-12,20-21,24-31,34-35H,9-10,13-19,22-23,32-33H2,1-7H3,(H,57,58,59)/p+1.